The first-order valence-corrected chi connectivity index (χ1v) is 6.50. The predicted molar refractivity (Wildman–Crippen MR) is 68.6 cm³/mol. The molecule has 2 N–H and O–H groups in total. The summed E-state index contributed by atoms with van der Waals surface area (Å²) < 4.78 is 0. The highest BCUT2D eigenvalue weighted by molar-refractivity contribution is 5.75. The molecule has 1 rings (SSSR count). The van der Waals surface area contributed by atoms with Crippen LogP contribution >= 0.6 is 0 Å². The number of hydrogen-bond acceptors (Lipinski definition) is 3. The quantitative estimate of drug-likeness (QED) is 0.756. The van der Waals surface area contributed by atoms with Crippen LogP contribution in [0.5, 0.6) is 0 Å². The van der Waals surface area contributed by atoms with E-state index in [0.29, 0.717) is 6.54 Å². The van der Waals surface area contributed by atoms with Gasteiger partial charge >= 0.3 is 12.0 Å². The van der Waals surface area contributed by atoms with E-state index in [4.69, 9.17) is 5.11 Å². The highest BCUT2D eigenvalue weighted by atomic mass is 16.4. The van der Waals surface area contributed by atoms with Gasteiger partial charge in [0.05, 0.1) is 6.42 Å². The number of hydrogen-bond donors (Lipinski definition) is 2. The molecule has 2 amide bonds. The second-order valence-corrected chi connectivity index (χ2v) is 4.60. The van der Waals surface area contributed by atoms with Gasteiger partial charge in [0, 0.05) is 26.2 Å². The van der Waals surface area contributed by atoms with Crippen LogP contribution in [0.3, 0.4) is 0 Å². The van der Waals surface area contributed by atoms with Crippen molar-refractivity contribution in [3.05, 3.63) is 0 Å². The highest BCUT2D eigenvalue weighted by Crippen LogP contribution is 2.12. The van der Waals surface area contributed by atoms with E-state index in [1.165, 1.54) is 0 Å². The monoisotopic (exact) mass is 257 g/mol. The molecule has 104 valence electrons. The minimum atomic E-state index is -0.870. The first-order valence-electron chi connectivity index (χ1n) is 6.50. The largest absolute Gasteiger partial charge is 0.481 e. The molecule has 0 bridgehead atoms. The lowest BCUT2D eigenvalue weighted by atomic mass is 10.1. The zero-order chi connectivity index (χ0) is 13.5. The van der Waals surface area contributed by atoms with Gasteiger partial charge in [-0.3, -0.25) is 4.79 Å². The number of rotatable bonds is 5. The van der Waals surface area contributed by atoms with Gasteiger partial charge in [-0.25, -0.2) is 4.79 Å². The molecule has 18 heavy (non-hydrogen) atoms. The minimum Gasteiger partial charge on any atom is -0.481 e. The van der Waals surface area contributed by atoms with Crippen molar-refractivity contribution in [1.29, 1.82) is 0 Å². The Hall–Kier alpha value is -1.30. The Morgan fingerprint density at radius 3 is 2.44 bits per heavy atom. The van der Waals surface area contributed by atoms with Crippen LogP contribution in [0, 0.1) is 0 Å². The van der Waals surface area contributed by atoms with Gasteiger partial charge in [-0.05, 0) is 32.9 Å². The number of carbonyl (C=O) groups is 2. The molecule has 0 aromatic rings. The summed E-state index contributed by atoms with van der Waals surface area (Å²) in [5.41, 5.74) is 0. The van der Waals surface area contributed by atoms with E-state index in [1.807, 2.05) is 14.0 Å². The van der Waals surface area contributed by atoms with Gasteiger partial charge in [0.1, 0.15) is 0 Å². The SMILES string of the molecule is CCN(CCC(=O)O)C(=O)N(C)C1CCNCC1. The summed E-state index contributed by atoms with van der Waals surface area (Å²) in [6.45, 7) is 4.56. The van der Waals surface area contributed by atoms with Crippen molar-refractivity contribution < 1.29 is 14.7 Å². The van der Waals surface area contributed by atoms with E-state index in [1.54, 1.807) is 9.80 Å². The molecule has 0 unspecified atom stereocenters. The van der Waals surface area contributed by atoms with Gasteiger partial charge in [-0.1, -0.05) is 0 Å². The summed E-state index contributed by atoms with van der Waals surface area (Å²) in [4.78, 5) is 26.1. The lowest BCUT2D eigenvalue weighted by molar-refractivity contribution is -0.137. The third-order valence-corrected chi connectivity index (χ3v) is 3.41. The molecule has 0 aromatic carbocycles. The molecular weight excluding hydrogens is 234 g/mol. The maximum Gasteiger partial charge on any atom is 0.319 e. The highest BCUT2D eigenvalue weighted by Gasteiger charge is 2.25. The fraction of sp³-hybridized carbons (Fsp3) is 0.833. The van der Waals surface area contributed by atoms with E-state index in [2.05, 4.69) is 5.32 Å². The number of carbonyl (C=O) groups excluding carboxylic acids is 1. The Labute approximate surface area is 108 Å². The Kier molecular flexibility index (Phi) is 5.91. The van der Waals surface area contributed by atoms with Crippen LogP contribution in [0.15, 0.2) is 0 Å². The fourth-order valence-corrected chi connectivity index (χ4v) is 2.19. The van der Waals surface area contributed by atoms with Crippen molar-refractivity contribution in [1.82, 2.24) is 15.1 Å². The van der Waals surface area contributed by atoms with Crippen molar-refractivity contribution in [2.24, 2.45) is 0 Å². The van der Waals surface area contributed by atoms with Crippen molar-refractivity contribution in [2.45, 2.75) is 32.2 Å². The zero-order valence-corrected chi connectivity index (χ0v) is 11.2. The van der Waals surface area contributed by atoms with Crippen LogP contribution in [-0.4, -0.2) is 66.2 Å². The van der Waals surface area contributed by atoms with Gasteiger partial charge < -0.3 is 20.2 Å². The maximum absolute atomic E-state index is 12.2. The second kappa shape index (κ2) is 7.20. The smallest absolute Gasteiger partial charge is 0.319 e. The standard InChI is InChI=1S/C12H23N3O3/c1-3-15(9-6-11(16)17)12(18)14(2)10-4-7-13-8-5-10/h10,13H,3-9H2,1-2H3,(H,16,17). The van der Waals surface area contributed by atoms with Gasteiger partial charge in [-0.2, -0.15) is 0 Å². The number of aliphatic carboxylic acids is 1. The average molecular weight is 257 g/mol. The van der Waals surface area contributed by atoms with Crippen LogP contribution in [-0.2, 0) is 4.79 Å². The minimum absolute atomic E-state index is 0.000355. The summed E-state index contributed by atoms with van der Waals surface area (Å²) in [5.74, 6) is -0.870. The molecule has 1 aliphatic rings. The van der Waals surface area contributed by atoms with Gasteiger partial charge in [0.2, 0.25) is 0 Å². The van der Waals surface area contributed by atoms with Crippen LogP contribution in [0.1, 0.15) is 26.2 Å². The molecular formula is C12H23N3O3. The molecule has 1 heterocycles. The van der Waals surface area contributed by atoms with E-state index in [0.717, 1.165) is 25.9 Å². The number of carboxylic acids is 1. The van der Waals surface area contributed by atoms with Gasteiger partial charge in [0.25, 0.3) is 0 Å². The van der Waals surface area contributed by atoms with Gasteiger partial charge in [-0.15, -0.1) is 0 Å². The molecule has 1 fully saturated rings. The molecule has 0 spiro atoms. The van der Waals surface area contributed by atoms with E-state index < -0.39 is 5.97 Å². The van der Waals surface area contributed by atoms with Crippen molar-refractivity contribution in [3.63, 3.8) is 0 Å². The molecule has 1 saturated heterocycles. The average Bonchev–Trinajstić information content (AvgIpc) is 2.39. The molecule has 0 atom stereocenters. The second-order valence-electron chi connectivity index (χ2n) is 4.60. The Morgan fingerprint density at radius 1 is 1.33 bits per heavy atom. The molecule has 0 saturated carbocycles. The number of amides is 2. The Balaban J connectivity index is 2.50. The van der Waals surface area contributed by atoms with Crippen molar-refractivity contribution >= 4 is 12.0 Å². The van der Waals surface area contributed by atoms with E-state index in [9.17, 15) is 9.59 Å². The normalized spacial score (nSPS) is 16.3. The Morgan fingerprint density at radius 2 is 1.94 bits per heavy atom. The third-order valence-electron chi connectivity index (χ3n) is 3.41. The van der Waals surface area contributed by atoms with E-state index >= 15 is 0 Å². The topological polar surface area (TPSA) is 72.9 Å². The molecule has 6 nitrogen and oxygen atoms in total. The first-order chi connectivity index (χ1) is 8.56. The summed E-state index contributed by atoms with van der Waals surface area (Å²) in [5, 5.41) is 11.9. The molecule has 0 radical (unpaired) electrons. The molecule has 0 aromatic heterocycles. The van der Waals surface area contributed by atoms with Crippen LogP contribution in [0.4, 0.5) is 4.79 Å². The van der Waals surface area contributed by atoms with E-state index in [-0.39, 0.29) is 25.0 Å². The lowest BCUT2D eigenvalue weighted by Crippen LogP contribution is -2.49. The molecule has 1 aliphatic heterocycles. The maximum atomic E-state index is 12.2. The number of nitrogens with zero attached hydrogens (tertiary/aromatic N) is 2. The van der Waals surface area contributed by atoms with Crippen LogP contribution in [0.2, 0.25) is 0 Å². The zero-order valence-electron chi connectivity index (χ0n) is 11.2. The predicted octanol–water partition coefficient (Wildman–Crippen LogP) is 0.587. The van der Waals surface area contributed by atoms with Crippen molar-refractivity contribution in [3.8, 4) is 0 Å². The van der Waals surface area contributed by atoms with Crippen LogP contribution in [0.25, 0.3) is 0 Å². The fourth-order valence-electron chi connectivity index (χ4n) is 2.19. The summed E-state index contributed by atoms with van der Waals surface area (Å²) in [6, 6.07) is 0.197. The van der Waals surface area contributed by atoms with Crippen molar-refractivity contribution in [2.75, 3.05) is 33.2 Å². The lowest BCUT2D eigenvalue weighted by Gasteiger charge is -2.35. The van der Waals surface area contributed by atoms with Crippen LogP contribution < -0.4 is 5.32 Å². The number of carboxylic acid groups (broad SMARTS) is 1. The summed E-state index contributed by atoms with van der Waals surface area (Å²) >= 11 is 0. The summed E-state index contributed by atoms with van der Waals surface area (Å²) in [7, 11) is 1.81. The van der Waals surface area contributed by atoms with Gasteiger partial charge in [0.15, 0.2) is 0 Å². The third kappa shape index (κ3) is 4.18. The molecule has 6 heteroatoms. The molecule has 0 aliphatic carbocycles. The number of piperidine rings is 1. The Bertz CT molecular complexity index is 290. The first kappa shape index (κ1) is 14.8. The summed E-state index contributed by atoms with van der Waals surface area (Å²) in [6.07, 6.45) is 1.91. The number of nitrogens with one attached hydrogen (secondary N) is 1. The number of urea groups is 1.